The number of allylic oxidation sites excluding steroid dienone is 3. The molecule has 0 aromatic heterocycles. The molecule has 1 heteroatoms. The minimum absolute atomic E-state index is 1.00. The molecular formula is C13H21N. The van der Waals surface area contributed by atoms with Crippen LogP contribution in [0.3, 0.4) is 0 Å². The molecule has 0 amide bonds. The first-order valence-electron chi connectivity index (χ1n) is 5.57. The topological polar surface area (TPSA) is 12.4 Å². The van der Waals surface area contributed by atoms with Crippen LogP contribution in [0.2, 0.25) is 0 Å². The number of aliphatic imine (C=N–C) groups is 1. The molecule has 1 nitrogen and oxygen atoms in total. The highest BCUT2D eigenvalue weighted by atomic mass is 14.7. The van der Waals surface area contributed by atoms with Crippen molar-refractivity contribution in [1.82, 2.24) is 0 Å². The van der Waals surface area contributed by atoms with Gasteiger partial charge in [-0.25, -0.2) is 0 Å². The Morgan fingerprint density at radius 3 is 2.64 bits per heavy atom. The molecule has 0 aliphatic heterocycles. The SMILES string of the molecule is C=C/C(C)=C(\CCCC1CCC1)N=C. The summed E-state index contributed by atoms with van der Waals surface area (Å²) >= 11 is 0. The van der Waals surface area contributed by atoms with Crippen LogP contribution in [0.15, 0.2) is 28.9 Å². The van der Waals surface area contributed by atoms with Gasteiger partial charge in [-0.2, -0.15) is 0 Å². The first-order valence-corrected chi connectivity index (χ1v) is 5.57. The standard InChI is InChI=1S/C13H21N/c1-4-11(2)13(14-3)10-6-9-12-7-5-8-12/h4,12H,1,3,5-10H2,2H3/b13-11+. The third kappa shape index (κ3) is 3.13. The molecule has 1 aliphatic carbocycles. The molecule has 1 fully saturated rings. The predicted molar refractivity (Wildman–Crippen MR) is 63.6 cm³/mol. The van der Waals surface area contributed by atoms with Crippen LogP contribution in [-0.4, -0.2) is 6.72 Å². The Bertz CT molecular complexity index is 234. The lowest BCUT2D eigenvalue weighted by Gasteiger charge is -2.25. The van der Waals surface area contributed by atoms with Gasteiger partial charge in [0.05, 0.1) is 0 Å². The van der Waals surface area contributed by atoms with Gasteiger partial charge in [-0.1, -0.05) is 38.3 Å². The summed E-state index contributed by atoms with van der Waals surface area (Å²) in [5.41, 5.74) is 2.30. The smallest absolute Gasteiger partial charge is 0.0425 e. The molecule has 0 unspecified atom stereocenters. The summed E-state index contributed by atoms with van der Waals surface area (Å²) in [5, 5.41) is 0. The van der Waals surface area contributed by atoms with Crippen molar-refractivity contribution in [3.05, 3.63) is 23.9 Å². The van der Waals surface area contributed by atoms with Crippen molar-refractivity contribution in [3.63, 3.8) is 0 Å². The Balaban J connectivity index is 2.26. The highest BCUT2D eigenvalue weighted by Crippen LogP contribution is 2.31. The highest BCUT2D eigenvalue weighted by Gasteiger charge is 2.16. The Morgan fingerprint density at radius 1 is 1.50 bits per heavy atom. The van der Waals surface area contributed by atoms with Gasteiger partial charge in [0.25, 0.3) is 0 Å². The average molecular weight is 191 g/mol. The molecule has 1 rings (SSSR count). The molecule has 0 aromatic carbocycles. The lowest BCUT2D eigenvalue weighted by Crippen LogP contribution is -2.10. The van der Waals surface area contributed by atoms with Gasteiger partial charge >= 0.3 is 0 Å². The van der Waals surface area contributed by atoms with E-state index in [1.165, 1.54) is 37.7 Å². The largest absolute Gasteiger partial charge is 0.269 e. The summed E-state index contributed by atoms with van der Waals surface area (Å²) < 4.78 is 0. The minimum Gasteiger partial charge on any atom is -0.269 e. The Morgan fingerprint density at radius 2 is 2.21 bits per heavy atom. The van der Waals surface area contributed by atoms with Gasteiger partial charge in [0.1, 0.15) is 0 Å². The van der Waals surface area contributed by atoms with Gasteiger partial charge in [-0.15, -0.1) is 0 Å². The average Bonchev–Trinajstić information content (AvgIpc) is 2.14. The van der Waals surface area contributed by atoms with Gasteiger partial charge < -0.3 is 0 Å². The van der Waals surface area contributed by atoms with Crippen LogP contribution in [0, 0.1) is 5.92 Å². The van der Waals surface area contributed by atoms with Crippen LogP contribution in [0.4, 0.5) is 0 Å². The maximum Gasteiger partial charge on any atom is 0.0425 e. The van der Waals surface area contributed by atoms with Crippen molar-refractivity contribution >= 4 is 6.72 Å². The fraction of sp³-hybridized carbons (Fsp3) is 0.615. The van der Waals surface area contributed by atoms with Crippen molar-refractivity contribution in [3.8, 4) is 0 Å². The van der Waals surface area contributed by atoms with Crippen LogP contribution in [-0.2, 0) is 0 Å². The van der Waals surface area contributed by atoms with Gasteiger partial charge in [-0.05, 0) is 38.0 Å². The number of nitrogens with zero attached hydrogens (tertiary/aromatic N) is 1. The van der Waals surface area contributed by atoms with E-state index in [-0.39, 0.29) is 0 Å². The summed E-state index contributed by atoms with van der Waals surface area (Å²) in [6.45, 7) is 9.42. The lowest BCUT2D eigenvalue weighted by molar-refractivity contribution is 0.290. The van der Waals surface area contributed by atoms with E-state index in [0.29, 0.717) is 0 Å². The molecule has 1 saturated carbocycles. The first-order chi connectivity index (χ1) is 6.77. The van der Waals surface area contributed by atoms with E-state index < -0.39 is 0 Å². The van der Waals surface area contributed by atoms with Gasteiger partial charge in [0.15, 0.2) is 0 Å². The zero-order chi connectivity index (χ0) is 10.4. The fourth-order valence-electron chi connectivity index (χ4n) is 1.86. The van der Waals surface area contributed by atoms with E-state index in [9.17, 15) is 0 Å². The van der Waals surface area contributed by atoms with Crippen LogP contribution in [0.25, 0.3) is 0 Å². The zero-order valence-electron chi connectivity index (χ0n) is 9.26. The molecular weight excluding hydrogens is 170 g/mol. The van der Waals surface area contributed by atoms with Crippen molar-refractivity contribution in [2.45, 2.75) is 45.4 Å². The molecule has 0 bridgehead atoms. The maximum atomic E-state index is 4.06. The Kier molecular flexibility index (Phi) is 4.64. The molecule has 0 radical (unpaired) electrons. The third-order valence-electron chi connectivity index (χ3n) is 3.20. The summed E-state index contributed by atoms with van der Waals surface area (Å²) in [6, 6.07) is 0. The van der Waals surface area contributed by atoms with Crippen LogP contribution in [0.5, 0.6) is 0 Å². The second-order valence-electron chi connectivity index (χ2n) is 4.18. The lowest BCUT2D eigenvalue weighted by atomic mass is 9.81. The number of hydrogen-bond donors (Lipinski definition) is 0. The molecule has 78 valence electrons. The van der Waals surface area contributed by atoms with Crippen molar-refractivity contribution in [2.24, 2.45) is 10.9 Å². The summed E-state index contributed by atoms with van der Waals surface area (Å²) in [6.07, 6.45) is 9.89. The second-order valence-corrected chi connectivity index (χ2v) is 4.18. The van der Waals surface area contributed by atoms with Crippen LogP contribution < -0.4 is 0 Å². The monoisotopic (exact) mass is 191 g/mol. The first kappa shape index (κ1) is 11.2. The molecule has 14 heavy (non-hydrogen) atoms. The number of rotatable bonds is 6. The second kappa shape index (κ2) is 5.79. The van der Waals surface area contributed by atoms with Crippen LogP contribution in [0.1, 0.15) is 45.4 Å². The van der Waals surface area contributed by atoms with E-state index >= 15 is 0 Å². The fourth-order valence-corrected chi connectivity index (χ4v) is 1.86. The highest BCUT2D eigenvalue weighted by molar-refractivity contribution is 5.33. The van der Waals surface area contributed by atoms with E-state index in [4.69, 9.17) is 0 Å². The van der Waals surface area contributed by atoms with Gasteiger partial charge in [0.2, 0.25) is 0 Å². The molecule has 0 saturated heterocycles. The Labute approximate surface area is 87.6 Å². The minimum atomic E-state index is 1.00. The quantitative estimate of drug-likeness (QED) is 0.442. The Hall–Kier alpha value is -0.850. The summed E-state index contributed by atoms with van der Waals surface area (Å²) in [7, 11) is 0. The van der Waals surface area contributed by atoms with Crippen LogP contribution >= 0.6 is 0 Å². The summed E-state index contributed by atoms with van der Waals surface area (Å²) in [5.74, 6) is 1.00. The molecule has 0 heterocycles. The molecule has 0 spiro atoms. The van der Waals surface area contributed by atoms with Crippen molar-refractivity contribution < 1.29 is 0 Å². The van der Waals surface area contributed by atoms with Crippen molar-refractivity contribution in [1.29, 1.82) is 0 Å². The third-order valence-corrected chi connectivity index (χ3v) is 3.20. The normalized spacial score (nSPS) is 18.4. The molecule has 0 atom stereocenters. The number of hydrogen-bond acceptors (Lipinski definition) is 1. The summed E-state index contributed by atoms with van der Waals surface area (Å²) in [4.78, 5) is 4.06. The molecule has 1 aliphatic rings. The predicted octanol–water partition coefficient (Wildman–Crippen LogP) is 4.12. The van der Waals surface area contributed by atoms with E-state index in [2.05, 4.69) is 25.2 Å². The van der Waals surface area contributed by atoms with Gasteiger partial charge in [0, 0.05) is 5.70 Å². The van der Waals surface area contributed by atoms with E-state index in [0.717, 1.165) is 18.0 Å². The molecule has 0 aromatic rings. The van der Waals surface area contributed by atoms with Gasteiger partial charge in [-0.3, -0.25) is 4.99 Å². The van der Waals surface area contributed by atoms with E-state index in [1.54, 1.807) is 0 Å². The van der Waals surface area contributed by atoms with E-state index in [1.807, 2.05) is 6.08 Å². The zero-order valence-corrected chi connectivity index (χ0v) is 9.26. The van der Waals surface area contributed by atoms with Crippen molar-refractivity contribution in [2.75, 3.05) is 0 Å². The maximum absolute atomic E-state index is 4.06. The molecule has 0 N–H and O–H groups in total.